The fraction of sp³-hybridized carbons (Fsp3) is 0.627. The zero-order valence-corrected chi connectivity index (χ0v) is 35.6. The number of carbonyl (C=O) groups is 1. The monoisotopic (exact) mass is 761 g/mol. The lowest BCUT2D eigenvalue weighted by molar-refractivity contribution is -0.154. The molecule has 0 fully saturated rings. The molecule has 0 aliphatic heterocycles. The number of hydrogen-bond acceptors (Lipinski definition) is 4. The van der Waals surface area contributed by atoms with Gasteiger partial charge >= 0.3 is 5.97 Å². The van der Waals surface area contributed by atoms with Crippen molar-refractivity contribution in [3.8, 4) is 0 Å². The number of allylic oxidation sites excluding steroid dienone is 18. The third kappa shape index (κ3) is 45.3. The second-order valence-corrected chi connectivity index (χ2v) is 14.4. The smallest absolute Gasteiger partial charge is 0.306 e. The molecule has 0 radical (unpaired) electrons. The molecular formula is C51H84O4. The minimum Gasteiger partial charge on any atom is -0.457 e. The minimum absolute atomic E-state index is 0.195. The van der Waals surface area contributed by atoms with Crippen molar-refractivity contribution in [3.63, 3.8) is 0 Å². The van der Waals surface area contributed by atoms with Gasteiger partial charge in [0.25, 0.3) is 0 Å². The summed E-state index contributed by atoms with van der Waals surface area (Å²) in [5.74, 6) is -0.239. The van der Waals surface area contributed by atoms with Crippen LogP contribution in [0.4, 0.5) is 0 Å². The predicted octanol–water partition coefficient (Wildman–Crippen LogP) is 15.1. The van der Waals surface area contributed by atoms with Crippen LogP contribution in [0.25, 0.3) is 0 Å². The lowest BCUT2D eigenvalue weighted by Gasteiger charge is -2.15. The van der Waals surface area contributed by atoms with Gasteiger partial charge in [-0.2, -0.15) is 0 Å². The maximum absolute atomic E-state index is 12.2. The van der Waals surface area contributed by atoms with Crippen LogP contribution in [0, 0.1) is 0 Å². The Morgan fingerprint density at radius 2 is 0.818 bits per heavy atom. The maximum Gasteiger partial charge on any atom is 0.306 e. The minimum atomic E-state index is -0.564. The van der Waals surface area contributed by atoms with Gasteiger partial charge in [0.2, 0.25) is 0 Å². The highest BCUT2D eigenvalue weighted by Gasteiger charge is 2.13. The molecule has 1 N–H and O–H groups in total. The molecule has 0 spiro atoms. The van der Waals surface area contributed by atoms with Crippen molar-refractivity contribution in [2.45, 2.75) is 187 Å². The average Bonchev–Trinajstić information content (AvgIpc) is 3.19. The van der Waals surface area contributed by atoms with Crippen LogP contribution in [-0.4, -0.2) is 37.0 Å². The summed E-state index contributed by atoms with van der Waals surface area (Å²) >= 11 is 0. The molecule has 1 unspecified atom stereocenters. The fourth-order valence-electron chi connectivity index (χ4n) is 5.75. The molecular weight excluding hydrogens is 677 g/mol. The lowest BCUT2D eigenvalue weighted by Crippen LogP contribution is -2.27. The molecule has 0 amide bonds. The van der Waals surface area contributed by atoms with Crippen LogP contribution in [0.15, 0.2) is 109 Å². The lowest BCUT2D eigenvalue weighted by atomic mass is 10.1. The molecule has 0 aromatic carbocycles. The van der Waals surface area contributed by atoms with Crippen LogP contribution in [0.3, 0.4) is 0 Å². The van der Waals surface area contributed by atoms with Crippen molar-refractivity contribution in [2.75, 3.05) is 19.8 Å². The van der Waals surface area contributed by atoms with Crippen molar-refractivity contribution in [1.82, 2.24) is 0 Å². The number of ether oxygens (including phenoxy) is 2. The first-order valence-electron chi connectivity index (χ1n) is 22.5. The van der Waals surface area contributed by atoms with Crippen LogP contribution in [0.2, 0.25) is 0 Å². The van der Waals surface area contributed by atoms with Crippen LogP contribution in [0.5, 0.6) is 0 Å². The predicted molar refractivity (Wildman–Crippen MR) is 241 cm³/mol. The van der Waals surface area contributed by atoms with Crippen molar-refractivity contribution in [3.05, 3.63) is 109 Å². The molecule has 0 heterocycles. The van der Waals surface area contributed by atoms with Crippen molar-refractivity contribution < 1.29 is 19.4 Å². The van der Waals surface area contributed by atoms with E-state index in [1.807, 2.05) is 0 Å². The Hall–Kier alpha value is -2.95. The maximum atomic E-state index is 12.2. The van der Waals surface area contributed by atoms with E-state index in [9.17, 15) is 9.90 Å². The van der Waals surface area contributed by atoms with Gasteiger partial charge in [0.1, 0.15) is 6.10 Å². The van der Waals surface area contributed by atoms with Crippen LogP contribution in [0.1, 0.15) is 181 Å². The van der Waals surface area contributed by atoms with Crippen molar-refractivity contribution in [2.24, 2.45) is 0 Å². The van der Waals surface area contributed by atoms with Gasteiger partial charge in [-0.15, -0.1) is 0 Å². The Bertz CT molecular complexity index is 1070. The van der Waals surface area contributed by atoms with Gasteiger partial charge in [0, 0.05) is 13.0 Å². The zero-order chi connectivity index (χ0) is 39.8. The van der Waals surface area contributed by atoms with Crippen molar-refractivity contribution >= 4 is 5.97 Å². The molecule has 0 aromatic rings. The molecule has 0 saturated heterocycles. The zero-order valence-electron chi connectivity index (χ0n) is 35.6. The fourth-order valence-corrected chi connectivity index (χ4v) is 5.75. The van der Waals surface area contributed by atoms with E-state index in [1.165, 1.54) is 70.6 Å². The summed E-state index contributed by atoms with van der Waals surface area (Å²) in [6.07, 6.45) is 68.6. The standard InChI is InChI=1S/C51H84O4/c1-3-5-7-9-11-13-15-17-19-21-23-24-25-26-27-28-29-30-32-34-36-38-40-42-44-46-51(53)55-50(48-52)49-54-47-45-43-41-39-37-35-33-31-22-20-18-16-14-12-10-8-6-4-2/h5,7,11-14,17-20,23-24,26-27,29-30,34,36,50,52H,3-4,6,8-10,15-16,21-22,25,28,31-33,35,37-49H2,1-2H3/b7-5-,13-11-,14-12-,19-17-,20-18-,24-23-,27-26-,30-29-,36-34-. The first kappa shape index (κ1) is 52.0. The first-order chi connectivity index (χ1) is 27.2. The van der Waals surface area contributed by atoms with Gasteiger partial charge in [-0.1, -0.05) is 181 Å². The van der Waals surface area contributed by atoms with Gasteiger partial charge in [-0.3, -0.25) is 4.79 Å². The van der Waals surface area contributed by atoms with E-state index in [0.717, 1.165) is 89.9 Å². The highest BCUT2D eigenvalue weighted by molar-refractivity contribution is 5.69. The topological polar surface area (TPSA) is 55.8 Å². The molecule has 1 atom stereocenters. The van der Waals surface area contributed by atoms with Gasteiger partial charge in [0.05, 0.1) is 13.2 Å². The number of rotatable bonds is 40. The van der Waals surface area contributed by atoms with Crippen molar-refractivity contribution in [1.29, 1.82) is 0 Å². The molecule has 55 heavy (non-hydrogen) atoms. The van der Waals surface area contributed by atoms with Gasteiger partial charge in [0.15, 0.2) is 0 Å². The number of hydrogen-bond donors (Lipinski definition) is 1. The Morgan fingerprint density at radius 3 is 1.24 bits per heavy atom. The molecule has 0 rings (SSSR count). The molecule has 0 aliphatic carbocycles. The van der Waals surface area contributed by atoms with E-state index in [2.05, 4.69) is 123 Å². The number of aliphatic hydroxyl groups is 1. The van der Waals surface area contributed by atoms with Crippen LogP contribution < -0.4 is 0 Å². The molecule has 4 nitrogen and oxygen atoms in total. The van der Waals surface area contributed by atoms with E-state index >= 15 is 0 Å². The highest BCUT2D eigenvalue weighted by Crippen LogP contribution is 2.11. The Labute approximate surface area is 340 Å². The Balaban J connectivity index is 3.59. The van der Waals surface area contributed by atoms with E-state index in [0.29, 0.717) is 13.0 Å². The molecule has 4 heteroatoms. The summed E-state index contributed by atoms with van der Waals surface area (Å²) in [5.41, 5.74) is 0. The molecule has 0 aromatic heterocycles. The summed E-state index contributed by atoms with van der Waals surface area (Å²) in [4.78, 5) is 12.2. The van der Waals surface area contributed by atoms with E-state index in [-0.39, 0.29) is 19.2 Å². The molecule has 312 valence electrons. The third-order valence-electron chi connectivity index (χ3n) is 9.08. The molecule has 0 saturated carbocycles. The first-order valence-corrected chi connectivity index (χ1v) is 22.5. The summed E-state index contributed by atoms with van der Waals surface area (Å²) < 4.78 is 11.1. The SMILES string of the molecule is CC/C=C\C/C=C\C/C=C\C/C=C\C/C=C\C/C=C\C/C=C\CCCCCC(=O)OC(CO)COCCCCCCCCCC/C=C\C/C=C\CCCCC. The second-order valence-electron chi connectivity index (χ2n) is 14.4. The summed E-state index contributed by atoms with van der Waals surface area (Å²) in [6, 6.07) is 0. The number of esters is 1. The number of carbonyl (C=O) groups excluding carboxylic acids is 1. The Morgan fingerprint density at radius 1 is 0.455 bits per heavy atom. The summed E-state index contributed by atoms with van der Waals surface area (Å²) in [6.45, 7) is 5.14. The van der Waals surface area contributed by atoms with E-state index in [4.69, 9.17) is 9.47 Å². The molecule has 0 aliphatic rings. The average molecular weight is 761 g/mol. The van der Waals surface area contributed by atoms with Crippen LogP contribution in [-0.2, 0) is 14.3 Å². The molecule has 0 bridgehead atoms. The third-order valence-corrected chi connectivity index (χ3v) is 9.08. The van der Waals surface area contributed by atoms with Gasteiger partial charge < -0.3 is 14.6 Å². The van der Waals surface area contributed by atoms with E-state index < -0.39 is 6.10 Å². The normalized spacial score (nSPS) is 13.4. The highest BCUT2D eigenvalue weighted by atomic mass is 16.6. The Kier molecular flexibility index (Phi) is 44.7. The van der Waals surface area contributed by atoms with Gasteiger partial charge in [-0.05, 0) is 103 Å². The second kappa shape index (κ2) is 47.2. The number of aliphatic hydroxyl groups excluding tert-OH is 1. The van der Waals surface area contributed by atoms with Gasteiger partial charge in [-0.25, -0.2) is 0 Å². The summed E-state index contributed by atoms with van der Waals surface area (Å²) in [7, 11) is 0. The largest absolute Gasteiger partial charge is 0.457 e. The quantitative estimate of drug-likeness (QED) is 0.0384. The summed E-state index contributed by atoms with van der Waals surface area (Å²) in [5, 5.41) is 9.61. The van der Waals surface area contributed by atoms with E-state index in [1.54, 1.807) is 0 Å². The number of unbranched alkanes of at least 4 members (excludes halogenated alkanes) is 14. The van der Waals surface area contributed by atoms with Crippen LogP contribution >= 0.6 is 0 Å².